The summed E-state index contributed by atoms with van der Waals surface area (Å²) in [5, 5.41) is 16.6. The average Bonchev–Trinajstić information content (AvgIpc) is 2.76. The standard InChI is InChI=1S/C29H55N7O3/c1-11-35(21-17-26(3,4)33-27(5,6)18-21)23-30-24(32-25(31-23)39-16-15-38-14-13-37)36(12-2)22-19-28(7,8)34-29(9,10)20-22/h21-22,33-34,37H,11-20H2,1-10H3. The van der Waals surface area contributed by atoms with Gasteiger partial charge in [-0.1, -0.05) is 0 Å². The molecule has 1 aromatic heterocycles. The van der Waals surface area contributed by atoms with E-state index in [1.54, 1.807) is 0 Å². The number of nitrogens with one attached hydrogen (secondary N) is 2. The molecule has 3 rings (SSSR count). The molecule has 39 heavy (non-hydrogen) atoms. The third kappa shape index (κ3) is 8.87. The lowest BCUT2D eigenvalue weighted by Crippen LogP contribution is -2.62. The molecule has 0 aliphatic carbocycles. The van der Waals surface area contributed by atoms with Gasteiger partial charge in [0.25, 0.3) is 0 Å². The summed E-state index contributed by atoms with van der Waals surface area (Å²) in [6.07, 6.45) is 3.96. The van der Waals surface area contributed by atoms with Crippen molar-refractivity contribution in [3.05, 3.63) is 0 Å². The minimum Gasteiger partial charge on any atom is -0.461 e. The van der Waals surface area contributed by atoms with E-state index in [0.717, 1.165) is 38.8 Å². The molecule has 2 saturated heterocycles. The van der Waals surface area contributed by atoms with Crippen LogP contribution in [0.25, 0.3) is 0 Å². The monoisotopic (exact) mass is 549 g/mol. The molecule has 3 N–H and O–H groups in total. The van der Waals surface area contributed by atoms with E-state index in [1.807, 2.05) is 0 Å². The first-order valence-corrected chi connectivity index (χ1v) is 14.8. The summed E-state index contributed by atoms with van der Waals surface area (Å²) >= 11 is 0. The zero-order valence-corrected chi connectivity index (χ0v) is 26.2. The molecule has 2 aliphatic rings. The molecule has 10 heteroatoms. The highest BCUT2D eigenvalue weighted by Gasteiger charge is 2.42. The van der Waals surface area contributed by atoms with Gasteiger partial charge in [0.1, 0.15) is 6.61 Å². The van der Waals surface area contributed by atoms with Crippen LogP contribution in [-0.4, -0.2) is 93.8 Å². The fraction of sp³-hybridized carbons (Fsp3) is 0.897. The normalized spacial score (nSPS) is 22.4. The molecule has 0 unspecified atom stereocenters. The van der Waals surface area contributed by atoms with Crippen molar-refractivity contribution in [1.29, 1.82) is 0 Å². The van der Waals surface area contributed by atoms with Crippen LogP contribution < -0.4 is 25.2 Å². The van der Waals surface area contributed by atoms with Crippen LogP contribution in [0.5, 0.6) is 6.01 Å². The van der Waals surface area contributed by atoms with Crippen molar-refractivity contribution < 1.29 is 14.6 Å². The topological polar surface area (TPSA) is 108 Å². The summed E-state index contributed by atoms with van der Waals surface area (Å²) in [7, 11) is 0. The van der Waals surface area contributed by atoms with Gasteiger partial charge in [-0.2, -0.15) is 15.0 Å². The Hall–Kier alpha value is -1.75. The predicted molar refractivity (Wildman–Crippen MR) is 158 cm³/mol. The quantitative estimate of drug-likeness (QED) is 0.335. The minimum atomic E-state index is -0.0111. The van der Waals surface area contributed by atoms with E-state index in [-0.39, 0.29) is 47.5 Å². The zero-order chi connectivity index (χ0) is 29.1. The minimum absolute atomic E-state index is 0.000782. The van der Waals surface area contributed by atoms with E-state index in [4.69, 9.17) is 29.5 Å². The Labute approximate surface area is 236 Å². The molecule has 10 nitrogen and oxygen atoms in total. The van der Waals surface area contributed by atoms with Crippen LogP contribution in [0.15, 0.2) is 0 Å². The lowest BCUT2D eigenvalue weighted by atomic mass is 9.79. The van der Waals surface area contributed by atoms with Crippen molar-refractivity contribution in [3.8, 4) is 6.01 Å². The molecule has 0 aromatic carbocycles. The van der Waals surface area contributed by atoms with E-state index in [0.29, 0.717) is 31.1 Å². The Morgan fingerprint density at radius 3 is 1.46 bits per heavy atom. The number of hydrogen-bond donors (Lipinski definition) is 3. The van der Waals surface area contributed by atoms with Crippen molar-refractivity contribution in [2.24, 2.45) is 0 Å². The van der Waals surface area contributed by atoms with E-state index >= 15 is 0 Å². The van der Waals surface area contributed by atoms with Gasteiger partial charge in [-0.3, -0.25) is 0 Å². The number of ether oxygens (including phenoxy) is 2. The highest BCUT2D eigenvalue weighted by atomic mass is 16.5. The molecule has 1 aromatic rings. The maximum Gasteiger partial charge on any atom is 0.323 e. The lowest BCUT2D eigenvalue weighted by molar-refractivity contribution is 0.0683. The number of nitrogens with zero attached hydrogens (tertiary/aromatic N) is 5. The summed E-state index contributed by atoms with van der Waals surface area (Å²) in [5.41, 5.74) is 0.00313. The zero-order valence-electron chi connectivity index (χ0n) is 26.2. The summed E-state index contributed by atoms with van der Waals surface area (Å²) in [4.78, 5) is 19.4. The number of aliphatic hydroxyl groups excluding tert-OH is 1. The van der Waals surface area contributed by atoms with Crippen LogP contribution >= 0.6 is 0 Å². The molecule has 0 spiro atoms. The maximum atomic E-state index is 9.01. The van der Waals surface area contributed by atoms with Gasteiger partial charge in [-0.05, 0) is 94.9 Å². The third-order valence-electron chi connectivity index (χ3n) is 7.70. The Bertz CT molecular complexity index is 841. The number of rotatable bonds is 12. The molecule has 0 saturated carbocycles. The average molecular weight is 550 g/mol. The van der Waals surface area contributed by atoms with Gasteiger partial charge in [0.15, 0.2) is 0 Å². The highest BCUT2D eigenvalue weighted by Crippen LogP contribution is 2.36. The second kappa shape index (κ2) is 12.4. The number of aliphatic hydroxyl groups is 1. The van der Waals surface area contributed by atoms with E-state index in [2.05, 4.69) is 89.7 Å². The largest absolute Gasteiger partial charge is 0.461 e. The molecule has 3 heterocycles. The number of aromatic nitrogens is 3. The Kier molecular flexibility index (Phi) is 10.1. The molecule has 0 bridgehead atoms. The van der Waals surface area contributed by atoms with Crippen LogP contribution in [-0.2, 0) is 4.74 Å². The van der Waals surface area contributed by atoms with Gasteiger partial charge < -0.3 is 35.0 Å². The third-order valence-corrected chi connectivity index (χ3v) is 7.70. The first-order valence-electron chi connectivity index (χ1n) is 14.8. The second-order valence-corrected chi connectivity index (χ2v) is 13.9. The second-order valence-electron chi connectivity index (χ2n) is 13.9. The Balaban J connectivity index is 1.98. The molecule has 2 fully saturated rings. The van der Waals surface area contributed by atoms with Crippen LogP contribution in [0, 0.1) is 0 Å². The molecule has 0 amide bonds. The molecule has 2 aliphatic heterocycles. The molecular formula is C29H55N7O3. The van der Waals surface area contributed by atoms with E-state index < -0.39 is 0 Å². The van der Waals surface area contributed by atoms with Gasteiger partial charge in [0, 0.05) is 47.3 Å². The first kappa shape index (κ1) is 31.8. The number of piperidine rings is 2. The summed E-state index contributed by atoms with van der Waals surface area (Å²) in [6, 6.07) is 0.882. The van der Waals surface area contributed by atoms with Crippen LogP contribution in [0.2, 0.25) is 0 Å². The summed E-state index contributed by atoms with van der Waals surface area (Å²) < 4.78 is 11.4. The Morgan fingerprint density at radius 1 is 0.692 bits per heavy atom. The van der Waals surface area contributed by atoms with Crippen LogP contribution in [0.1, 0.15) is 94.9 Å². The van der Waals surface area contributed by atoms with Gasteiger partial charge in [0.2, 0.25) is 11.9 Å². The van der Waals surface area contributed by atoms with Crippen molar-refractivity contribution >= 4 is 11.9 Å². The van der Waals surface area contributed by atoms with Crippen LogP contribution in [0.4, 0.5) is 11.9 Å². The predicted octanol–water partition coefficient (Wildman–Crippen LogP) is 3.53. The SMILES string of the molecule is CCN(c1nc(OCCOCCO)nc(N(CC)C2CC(C)(C)NC(C)(C)C2)n1)C1CC(C)(C)NC(C)(C)C1. The highest BCUT2D eigenvalue weighted by molar-refractivity contribution is 5.43. The lowest BCUT2D eigenvalue weighted by Gasteiger charge is -2.50. The number of hydrogen-bond acceptors (Lipinski definition) is 10. The number of anilines is 2. The fourth-order valence-electron chi connectivity index (χ4n) is 7.12. The van der Waals surface area contributed by atoms with Gasteiger partial charge in [0.05, 0.1) is 19.8 Å². The fourth-order valence-corrected chi connectivity index (χ4v) is 7.12. The molecule has 224 valence electrons. The van der Waals surface area contributed by atoms with Gasteiger partial charge in [-0.25, -0.2) is 0 Å². The molecule has 0 atom stereocenters. The maximum absolute atomic E-state index is 9.01. The van der Waals surface area contributed by atoms with Crippen molar-refractivity contribution in [1.82, 2.24) is 25.6 Å². The van der Waals surface area contributed by atoms with Crippen molar-refractivity contribution in [2.75, 3.05) is 49.3 Å². The first-order chi connectivity index (χ1) is 18.1. The summed E-state index contributed by atoms with van der Waals surface area (Å²) in [6.45, 7) is 25.0. The smallest absolute Gasteiger partial charge is 0.323 e. The van der Waals surface area contributed by atoms with E-state index in [1.165, 1.54) is 0 Å². The van der Waals surface area contributed by atoms with Crippen molar-refractivity contribution in [3.63, 3.8) is 0 Å². The molecular weight excluding hydrogens is 494 g/mol. The van der Waals surface area contributed by atoms with Gasteiger partial charge in [-0.15, -0.1) is 0 Å². The summed E-state index contributed by atoms with van der Waals surface area (Å²) in [5.74, 6) is 1.33. The van der Waals surface area contributed by atoms with E-state index in [9.17, 15) is 0 Å². The molecule has 0 radical (unpaired) electrons. The Morgan fingerprint density at radius 2 is 1.10 bits per heavy atom. The van der Waals surface area contributed by atoms with Crippen molar-refractivity contribution in [2.45, 2.75) is 129 Å². The van der Waals surface area contributed by atoms with Gasteiger partial charge >= 0.3 is 6.01 Å². The van der Waals surface area contributed by atoms with Crippen LogP contribution in [0.3, 0.4) is 0 Å².